The highest BCUT2D eigenvalue weighted by atomic mass is 16.2. The molecule has 1 atom stereocenters. The van der Waals surface area contributed by atoms with Crippen LogP contribution >= 0.6 is 0 Å². The number of nitrogens with zero attached hydrogens (tertiary/aromatic N) is 2. The van der Waals surface area contributed by atoms with Gasteiger partial charge in [0.1, 0.15) is 6.04 Å². The summed E-state index contributed by atoms with van der Waals surface area (Å²) in [6.07, 6.45) is 8.15. The first-order chi connectivity index (χ1) is 10.2. The largest absolute Gasteiger partial charge is 0.354 e. The highest BCUT2D eigenvalue weighted by molar-refractivity contribution is 5.87. The maximum Gasteiger partial charge on any atom is 0.242 e. The molecule has 1 aromatic heterocycles. The third kappa shape index (κ3) is 4.55. The topological polar surface area (TPSA) is 62.3 Å². The number of rotatable bonds is 5. The van der Waals surface area contributed by atoms with E-state index in [-0.39, 0.29) is 17.9 Å². The quantitative estimate of drug-likeness (QED) is 0.836. The highest BCUT2D eigenvalue weighted by Gasteiger charge is 2.29. The van der Waals surface area contributed by atoms with Crippen LogP contribution in [0.2, 0.25) is 0 Å². The lowest BCUT2D eigenvalue weighted by Gasteiger charge is -2.33. The molecule has 1 aliphatic rings. The van der Waals surface area contributed by atoms with Gasteiger partial charge in [-0.15, -0.1) is 0 Å². The molecule has 5 nitrogen and oxygen atoms in total. The van der Waals surface area contributed by atoms with Gasteiger partial charge in [0.05, 0.1) is 0 Å². The first kappa shape index (κ1) is 15.5. The minimum Gasteiger partial charge on any atom is -0.354 e. The van der Waals surface area contributed by atoms with Gasteiger partial charge in [-0.25, -0.2) is 0 Å². The summed E-state index contributed by atoms with van der Waals surface area (Å²) in [5.41, 5.74) is 1.18. The minimum absolute atomic E-state index is 0.00906. The van der Waals surface area contributed by atoms with Crippen molar-refractivity contribution in [1.29, 1.82) is 0 Å². The van der Waals surface area contributed by atoms with Crippen molar-refractivity contribution in [3.63, 3.8) is 0 Å². The first-order valence-corrected chi connectivity index (χ1v) is 7.62. The molecule has 2 heterocycles. The fraction of sp³-hybridized carbons (Fsp3) is 0.562. The van der Waals surface area contributed by atoms with Crippen molar-refractivity contribution in [2.24, 2.45) is 0 Å². The van der Waals surface area contributed by atoms with Gasteiger partial charge in [-0.2, -0.15) is 0 Å². The molecule has 1 saturated heterocycles. The smallest absolute Gasteiger partial charge is 0.242 e. The molecule has 0 unspecified atom stereocenters. The lowest BCUT2D eigenvalue weighted by atomic mass is 10.0. The molecule has 2 amide bonds. The Hall–Kier alpha value is -1.91. The zero-order valence-corrected chi connectivity index (χ0v) is 12.5. The number of carbonyl (C=O) groups excluding carboxylic acids is 2. The zero-order chi connectivity index (χ0) is 15.1. The summed E-state index contributed by atoms with van der Waals surface area (Å²) in [7, 11) is 0. The Morgan fingerprint density at radius 3 is 3.00 bits per heavy atom. The maximum absolute atomic E-state index is 12.2. The van der Waals surface area contributed by atoms with E-state index in [0.29, 0.717) is 13.1 Å². The SMILES string of the molecule is CC(=O)N1CCCC[C@@H]1C(=O)NCCCc1cccnc1. The first-order valence-electron chi connectivity index (χ1n) is 7.62. The van der Waals surface area contributed by atoms with Crippen molar-refractivity contribution in [1.82, 2.24) is 15.2 Å². The Kier molecular flexibility index (Phi) is 5.72. The monoisotopic (exact) mass is 289 g/mol. The van der Waals surface area contributed by atoms with E-state index >= 15 is 0 Å². The van der Waals surface area contributed by atoms with Gasteiger partial charge in [0, 0.05) is 32.4 Å². The van der Waals surface area contributed by atoms with Crippen LogP contribution in [0.25, 0.3) is 0 Å². The molecule has 1 N–H and O–H groups in total. The zero-order valence-electron chi connectivity index (χ0n) is 12.5. The molecular formula is C16H23N3O2. The number of amides is 2. The van der Waals surface area contributed by atoms with E-state index < -0.39 is 0 Å². The Bertz CT molecular complexity index is 476. The van der Waals surface area contributed by atoms with Crippen LogP contribution in [0.3, 0.4) is 0 Å². The van der Waals surface area contributed by atoms with Crippen molar-refractivity contribution >= 4 is 11.8 Å². The standard InChI is InChI=1S/C16H23N3O2/c1-13(20)19-11-3-2-8-15(19)16(21)18-10-5-7-14-6-4-9-17-12-14/h4,6,9,12,15H,2-3,5,7-8,10-11H2,1H3,(H,18,21)/t15-/m1/s1. The normalized spacial score (nSPS) is 18.3. The summed E-state index contributed by atoms with van der Waals surface area (Å²) in [4.78, 5) is 29.5. The van der Waals surface area contributed by atoms with Crippen LogP contribution in [-0.4, -0.2) is 40.8 Å². The van der Waals surface area contributed by atoms with Gasteiger partial charge in [-0.1, -0.05) is 6.07 Å². The van der Waals surface area contributed by atoms with Gasteiger partial charge in [-0.3, -0.25) is 14.6 Å². The predicted octanol–water partition coefficient (Wildman–Crippen LogP) is 1.53. The third-order valence-electron chi connectivity index (χ3n) is 3.87. The number of likely N-dealkylation sites (tertiary alicyclic amines) is 1. The van der Waals surface area contributed by atoms with E-state index in [1.165, 1.54) is 12.5 Å². The summed E-state index contributed by atoms with van der Waals surface area (Å²) in [5, 5.41) is 2.95. The van der Waals surface area contributed by atoms with Gasteiger partial charge in [0.25, 0.3) is 0 Å². The van der Waals surface area contributed by atoms with Crippen LogP contribution in [0.5, 0.6) is 0 Å². The van der Waals surface area contributed by atoms with Crippen LogP contribution < -0.4 is 5.32 Å². The second-order valence-electron chi connectivity index (χ2n) is 5.48. The molecule has 1 aromatic rings. The van der Waals surface area contributed by atoms with Crippen LogP contribution in [0.15, 0.2) is 24.5 Å². The fourth-order valence-electron chi connectivity index (χ4n) is 2.75. The molecule has 0 aromatic carbocycles. The van der Waals surface area contributed by atoms with Gasteiger partial charge in [0.2, 0.25) is 11.8 Å². The number of hydrogen-bond donors (Lipinski definition) is 1. The van der Waals surface area contributed by atoms with Crippen LogP contribution in [0.1, 0.15) is 38.2 Å². The van der Waals surface area contributed by atoms with Gasteiger partial charge in [-0.05, 0) is 43.7 Å². The molecule has 21 heavy (non-hydrogen) atoms. The Balaban J connectivity index is 1.74. The van der Waals surface area contributed by atoms with Crippen molar-refractivity contribution in [3.8, 4) is 0 Å². The van der Waals surface area contributed by atoms with Gasteiger partial charge >= 0.3 is 0 Å². The number of aromatic nitrogens is 1. The molecule has 5 heteroatoms. The van der Waals surface area contributed by atoms with E-state index in [4.69, 9.17) is 0 Å². The van der Waals surface area contributed by atoms with Crippen molar-refractivity contribution in [3.05, 3.63) is 30.1 Å². The van der Waals surface area contributed by atoms with E-state index in [1.54, 1.807) is 11.1 Å². The third-order valence-corrected chi connectivity index (χ3v) is 3.87. The molecule has 0 radical (unpaired) electrons. The summed E-state index contributed by atoms with van der Waals surface area (Å²) < 4.78 is 0. The van der Waals surface area contributed by atoms with E-state index in [1.807, 2.05) is 18.3 Å². The molecule has 0 saturated carbocycles. The average Bonchev–Trinajstić information content (AvgIpc) is 2.52. The Morgan fingerprint density at radius 1 is 1.43 bits per heavy atom. The highest BCUT2D eigenvalue weighted by Crippen LogP contribution is 2.17. The molecule has 2 rings (SSSR count). The Labute approximate surface area is 125 Å². The molecule has 0 spiro atoms. The summed E-state index contributed by atoms with van der Waals surface area (Å²) in [6.45, 7) is 2.87. The van der Waals surface area contributed by atoms with Gasteiger partial charge in [0.15, 0.2) is 0 Å². The van der Waals surface area contributed by atoms with Crippen LogP contribution in [0.4, 0.5) is 0 Å². The second kappa shape index (κ2) is 7.76. The molecule has 114 valence electrons. The molecule has 1 aliphatic heterocycles. The summed E-state index contributed by atoms with van der Waals surface area (Å²) >= 11 is 0. The number of piperidine rings is 1. The number of carbonyl (C=O) groups is 2. The molecule has 1 fully saturated rings. The number of pyridine rings is 1. The lowest BCUT2D eigenvalue weighted by molar-refractivity contribution is -0.140. The van der Waals surface area contributed by atoms with Crippen molar-refractivity contribution in [2.45, 2.75) is 45.1 Å². The molecular weight excluding hydrogens is 266 g/mol. The van der Waals surface area contributed by atoms with Gasteiger partial charge < -0.3 is 10.2 Å². The fourth-order valence-corrected chi connectivity index (χ4v) is 2.75. The van der Waals surface area contributed by atoms with E-state index in [0.717, 1.165) is 32.1 Å². The minimum atomic E-state index is -0.283. The van der Waals surface area contributed by atoms with Crippen molar-refractivity contribution < 1.29 is 9.59 Å². The molecule has 0 aliphatic carbocycles. The Morgan fingerprint density at radius 2 is 2.29 bits per heavy atom. The number of aryl methyl sites for hydroxylation is 1. The predicted molar refractivity (Wildman–Crippen MR) is 80.6 cm³/mol. The summed E-state index contributed by atoms with van der Waals surface area (Å²) in [5.74, 6) is -0.0266. The average molecular weight is 289 g/mol. The number of nitrogens with one attached hydrogen (secondary N) is 1. The van der Waals surface area contributed by atoms with Crippen LogP contribution in [-0.2, 0) is 16.0 Å². The maximum atomic E-state index is 12.2. The van der Waals surface area contributed by atoms with E-state index in [9.17, 15) is 9.59 Å². The summed E-state index contributed by atoms with van der Waals surface area (Å²) in [6, 6.07) is 3.67. The van der Waals surface area contributed by atoms with E-state index in [2.05, 4.69) is 10.3 Å². The van der Waals surface area contributed by atoms with Crippen LogP contribution in [0, 0.1) is 0 Å². The number of hydrogen-bond acceptors (Lipinski definition) is 3. The molecule has 0 bridgehead atoms. The second-order valence-corrected chi connectivity index (χ2v) is 5.48. The van der Waals surface area contributed by atoms with Crippen molar-refractivity contribution in [2.75, 3.05) is 13.1 Å². The lowest BCUT2D eigenvalue weighted by Crippen LogP contribution is -2.51.